The van der Waals surface area contributed by atoms with Gasteiger partial charge in [-0.25, -0.2) is 4.85 Å². The van der Waals surface area contributed by atoms with E-state index in [1.807, 2.05) is 94.4 Å². The first kappa shape index (κ1) is 19.6. The molecule has 0 bridgehead atoms. The van der Waals surface area contributed by atoms with E-state index in [0.29, 0.717) is 5.69 Å². The molecule has 31 heavy (non-hydrogen) atoms. The molecule has 0 atom stereocenters. The maximum absolute atomic E-state index is 7.67. The Labute approximate surface area is 182 Å². The Hall–Kier alpha value is -3.33. The minimum Gasteiger partial charge on any atom is -0.453 e. The molecular formula is C26H24N2O3. The molecule has 0 amide bonds. The van der Waals surface area contributed by atoms with Gasteiger partial charge in [-0.2, -0.15) is 0 Å². The van der Waals surface area contributed by atoms with Gasteiger partial charge in [0, 0.05) is 5.69 Å². The number of hydrogen-bond donors (Lipinski definition) is 0. The summed E-state index contributed by atoms with van der Waals surface area (Å²) in [6, 6.07) is 21.6. The molecular weight excluding hydrogens is 388 g/mol. The molecule has 2 aliphatic heterocycles. The lowest BCUT2D eigenvalue weighted by molar-refractivity contribution is -0.0895. The summed E-state index contributed by atoms with van der Waals surface area (Å²) < 4.78 is 18.6. The lowest BCUT2D eigenvalue weighted by Gasteiger charge is -2.33. The van der Waals surface area contributed by atoms with Crippen LogP contribution in [0, 0.1) is 6.57 Å². The summed E-state index contributed by atoms with van der Waals surface area (Å²) in [7, 11) is 0. The van der Waals surface area contributed by atoms with Crippen LogP contribution in [0.4, 0.5) is 22.7 Å². The fourth-order valence-electron chi connectivity index (χ4n) is 3.91. The van der Waals surface area contributed by atoms with Gasteiger partial charge in [0.2, 0.25) is 0 Å². The van der Waals surface area contributed by atoms with Crippen molar-refractivity contribution in [3.8, 4) is 11.5 Å². The summed E-state index contributed by atoms with van der Waals surface area (Å²) >= 11 is 0. The maximum atomic E-state index is 7.67. The molecule has 1 saturated heterocycles. The van der Waals surface area contributed by atoms with E-state index in [0.717, 1.165) is 34.1 Å². The SMILES string of the molecule is [C-]#[N+]c1cc(C2OC(C)(C)C(C)(C)O2)cc(N2c3ccccc3Oc3ccccc32)c1. The van der Waals surface area contributed by atoms with E-state index in [4.69, 9.17) is 20.8 Å². The van der Waals surface area contributed by atoms with Gasteiger partial charge in [0.1, 0.15) is 0 Å². The van der Waals surface area contributed by atoms with Crippen molar-refractivity contribution in [1.82, 2.24) is 0 Å². The lowest BCUT2D eigenvalue weighted by Crippen LogP contribution is -2.41. The van der Waals surface area contributed by atoms with Crippen molar-refractivity contribution in [3.63, 3.8) is 0 Å². The van der Waals surface area contributed by atoms with E-state index in [1.165, 1.54) is 0 Å². The van der Waals surface area contributed by atoms with Crippen LogP contribution in [0.3, 0.4) is 0 Å². The van der Waals surface area contributed by atoms with E-state index < -0.39 is 17.5 Å². The van der Waals surface area contributed by atoms with Gasteiger partial charge in [-0.1, -0.05) is 24.3 Å². The number of benzene rings is 3. The summed E-state index contributed by atoms with van der Waals surface area (Å²) in [5, 5.41) is 0. The normalized spacial score (nSPS) is 18.6. The summed E-state index contributed by atoms with van der Waals surface area (Å²) in [5.74, 6) is 1.54. The Morgan fingerprint density at radius 1 is 0.806 bits per heavy atom. The highest BCUT2D eigenvalue weighted by molar-refractivity contribution is 5.87. The van der Waals surface area contributed by atoms with Crippen molar-refractivity contribution in [2.24, 2.45) is 0 Å². The molecule has 1 fully saturated rings. The standard InChI is InChI=1S/C26H24N2O3/c1-25(2)26(3,4)31-24(30-25)17-14-18(27-5)16-19(15-17)28-20-10-6-8-12-22(20)29-23-13-9-7-11-21(23)28/h6-16,24H,1-4H3. The molecule has 0 spiro atoms. The van der Waals surface area contributed by atoms with Crippen LogP contribution in [0.1, 0.15) is 39.5 Å². The second-order valence-corrected chi connectivity index (χ2v) is 8.86. The third-order valence-electron chi connectivity index (χ3n) is 6.27. The predicted molar refractivity (Wildman–Crippen MR) is 121 cm³/mol. The smallest absolute Gasteiger partial charge is 0.189 e. The maximum Gasteiger partial charge on any atom is 0.189 e. The molecule has 2 heterocycles. The van der Waals surface area contributed by atoms with Crippen LogP contribution in [-0.4, -0.2) is 11.2 Å². The number of anilines is 3. The Kier molecular flexibility index (Phi) is 4.33. The molecule has 3 aromatic rings. The van der Waals surface area contributed by atoms with Crippen molar-refractivity contribution in [2.75, 3.05) is 4.90 Å². The Morgan fingerprint density at radius 3 is 1.90 bits per heavy atom. The number of para-hydroxylation sites is 4. The molecule has 5 rings (SSSR count). The van der Waals surface area contributed by atoms with E-state index in [1.54, 1.807) is 0 Å². The molecule has 3 aromatic carbocycles. The predicted octanol–water partition coefficient (Wildman–Crippen LogP) is 7.42. The third kappa shape index (κ3) is 3.16. The Balaban J connectivity index is 1.66. The van der Waals surface area contributed by atoms with Crippen LogP contribution in [0.5, 0.6) is 11.5 Å². The second-order valence-electron chi connectivity index (χ2n) is 8.86. The molecule has 0 radical (unpaired) electrons. The molecule has 2 aliphatic rings. The van der Waals surface area contributed by atoms with Crippen molar-refractivity contribution >= 4 is 22.7 Å². The van der Waals surface area contributed by atoms with Crippen molar-refractivity contribution < 1.29 is 14.2 Å². The van der Waals surface area contributed by atoms with Gasteiger partial charge in [0.05, 0.1) is 29.1 Å². The van der Waals surface area contributed by atoms with E-state index in [-0.39, 0.29) is 0 Å². The summed E-state index contributed by atoms with van der Waals surface area (Å²) in [5.41, 5.74) is 3.15. The van der Waals surface area contributed by atoms with E-state index >= 15 is 0 Å². The first-order valence-corrected chi connectivity index (χ1v) is 10.3. The number of nitrogens with zero attached hydrogens (tertiary/aromatic N) is 2. The van der Waals surface area contributed by atoms with Crippen LogP contribution in [0.25, 0.3) is 4.85 Å². The quantitative estimate of drug-likeness (QED) is 0.321. The fraction of sp³-hybridized carbons (Fsp3) is 0.269. The van der Waals surface area contributed by atoms with Gasteiger partial charge in [0.25, 0.3) is 0 Å². The number of hydrogen-bond acceptors (Lipinski definition) is 4. The van der Waals surface area contributed by atoms with Crippen molar-refractivity contribution in [2.45, 2.75) is 45.2 Å². The molecule has 0 aromatic heterocycles. The second kappa shape index (κ2) is 6.84. The molecule has 5 nitrogen and oxygen atoms in total. The van der Waals surface area contributed by atoms with Gasteiger partial charge in [-0.05, 0) is 75.7 Å². The van der Waals surface area contributed by atoms with Crippen LogP contribution >= 0.6 is 0 Å². The average molecular weight is 412 g/mol. The topological polar surface area (TPSA) is 35.3 Å². The van der Waals surface area contributed by atoms with Crippen LogP contribution in [-0.2, 0) is 9.47 Å². The van der Waals surface area contributed by atoms with Crippen LogP contribution < -0.4 is 9.64 Å². The van der Waals surface area contributed by atoms with Gasteiger partial charge in [-0.3, -0.25) is 0 Å². The zero-order chi connectivity index (χ0) is 21.8. The van der Waals surface area contributed by atoms with Crippen molar-refractivity contribution in [1.29, 1.82) is 0 Å². The van der Waals surface area contributed by atoms with Crippen molar-refractivity contribution in [3.05, 3.63) is 83.7 Å². The summed E-state index contributed by atoms with van der Waals surface area (Å²) in [6.45, 7) is 15.8. The van der Waals surface area contributed by atoms with Crippen LogP contribution in [0.2, 0.25) is 0 Å². The number of ether oxygens (including phenoxy) is 3. The van der Waals surface area contributed by atoms with Gasteiger partial charge < -0.3 is 19.1 Å². The number of rotatable bonds is 2. The minimum absolute atomic E-state index is 0.454. The monoisotopic (exact) mass is 412 g/mol. The fourth-order valence-corrected chi connectivity index (χ4v) is 3.91. The lowest BCUT2D eigenvalue weighted by atomic mass is 9.90. The Morgan fingerprint density at radius 2 is 1.35 bits per heavy atom. The van der Waals surface area contributed by atoms with Gasteiger partial charge >= 0.3 is 0 Å². The molecule has 0 aliphatic carbocycles. The largest absolute Gasteiger partial charge is 0.453 e. The number of fused-ring (bicyclic) bond motifs is 2. The van der Waals surface area contributed by atoms with Gasteiger partial charge in [-0.15, -0.1) is 0 Å². The average Bonchev–Trinajstić information content (AvgIpc) is 2.98. The van der Waals surface area contributed by atoms with E-state index in [2.05, 4.69) is 9.74 Å². The molecule has 156 valence electrons. The highest BCUT2D eigenvalue weighted by Crippen LogP contribution is 2.52. The first-order valence-electron chi connectivity index (χ1n) is 10.3. The third-order valence-corrected chi connectivity index (χ3v) is 6.27. The zero-order valence-corrected chi connectivity index (χ0v) is 18.0. The first-order chi connectivity index (χ1) is 14.8. The minimum atomic E-state index is -0.544. The highest BCUT2D eigenvalue weighted by Gasteiger charge is 2.49. The summed E-state index contributed by atoms with van der Waals surface area (Å²) in [4.78, 5) is 5.85. The molecule has 0 saturated carbocycles. The van der Waals surface area contributed by atoms with Gasteiger partial charge in [0.15, 0.2) is 23.5 Å². The summed E-state index contributed by atoms with van der Waals surface area (Å²) in [6.07, 6.45) is -0.544. The van der Waals surface area contributed by atoms with E-state index in [9.17, 15) is 0 Å². The Bertz CT molecular complexity index is 1150. The molecule has 5 heteroatoms. The molecule has 0 unspecified atom stereocenters. The molecule has 0 N–H and O–H groups in total. The highest BCUT2D eigenvalue weighted by atomic mass is 16.7. The van der Waals surface area contributed by atoms with Crippen LogP contribution in [0.15, 0.2) is 66.7 Å². The zero-order valence-electron chi connectivity index (χ0n) is 18.0.